The summed E-state index contributed by atoms with van der Waals surface area (Å²) in [5.41, 5.74) is 0. The molecule has 126 valence electrons. The topological polar surface area (TPSA) is 0 Å². The first-order valence-corrected chi connectivity index (χ1v) is 8.80. The van der Waals surface area contributed by atoms with E-state index in [9.17, 15) is 0 Å². The van der Waals surface area contributed by atoms with E-state index >= 15 is 0 Å². The minimum absolute atomic E-state index is 0. The third kappa shape index (κ3) is 24.8. The molecule has 1 heteroatoms. The van der Waals surface area contributed by atoms with E-state index in [0.717, 1.165) is 0 Å². The van der Waals surface area contributed by atoms with Gasteiger partial charge in [0.05, 0.1) is 0 Å². The molecule has 2 aliphatic carbocycles. The minimum Gasteiger partial charge on any atom is -0.501 e. The van der Waals surface area contributed by atoms with Crippen molar-refractivity contribution in [3.05, 3.63) is 76.4 Å². The van der Waals surface area contributed by atoms with Gasteiger partial charge in [-0.3, -0.25) is 6.08 Å². The van der Waals surface area contributed by atoms with Crippen LogP contribution in [0, 0.1) is 70.3 Å². The van der Waals surface area contributed by atoms with Crippen LogP contribution >= 0.6 is 0 Å². The Hall–Kier alpha value is 0.454. The zero-order chi connectivity index (χ0) is 16.1. The van der Waals surface area contributed by atoms with Crippen LogP contribution in [0.2, 0.25) is 0 Å². The van der Waals surface area contributed by atoms with Gasteiger partial charge in [-0.15, -0.1) is 0 Å². The SMILES string of the molecule is CCCCC[C-]=CCCCCC.[CH]1[CH][CH][CH][CH]1.[CH]1[CH][CH][CH][CH]1.[Ti]. The number of hydrogen-bond donors (Lipinski definition) is 0. The Morgan fingerprint density at radius 1 is 0.609 bits per heavy atom. The summed E-state index contributed by atoms with van der Waals surface area (Å²) < 4.78 is 0. The molecule has 0 N–H and O–H groups in total. The van der Waals surface area contributed by atoms with Crippen LogP contribution in [0.3, 0.4) is 0 Å². The Morgan fingerprint density at radius 2 is 1.00 bits per heavy atom. The summed E-state index contributed by atoms with van der Waals surface area (Å²) in [5.74, 6) is 0. The van der Waals surface area contributed by atoms with Crippen molar-refractivity contribution in [2.45, 2.75) is 65.2 Å². The Bertz CT molecular complexity index is 165. The number of allylic oxidation sites excluding steroid dienone is 2. The fraction of sp³-hybridized carbons (Fsp3) is 0.455. The quantitative estimate of drug-likeness (QED) is 0.266. The average molecular weight is 345 g/mol. The molecule has 2 aliphatic rings. The van der Waals surface area contributed by atoms with Gasteiger partial charge in [0.15, 0.2) is 0 Å². The number of rotatable bonds is 8. The summed E-state index contributed by atoms with van der Waals surface area (Å²) in [6.07, 6.45) is 36.0. The van der Waals surface area contributed by atoms with Crippen LogP contribution in [-0.2, 0) is 21.7 Å². The molecule has 0 aromatic rings. The fourth-order valence-electron chi connectivity index (χ4n) is 1.82. The molecule has 0 nitrogen and oxygen atoms in total. The van der Waals surface area contributed by atoms with Crippen molar-refractivity contribution < 1.29 is 21.7 Å². The van der Waals surface area contributed by atoms with Crippen molar-refractivity contribution in [2.24, 2.45) is 0 Å². The zero-order valence-electron chi connectivity index (χ0n) is 15.0. The zero-order valence-corrected chi connectivity index (χ0v) is 16.6. The third-order valence-corrected chi connectivity index (χ3v) is 3.13. The van der Waals surface area contributed by atoms with E-state index in [-0.39, 0.29) is 21.7 Å². The first-order valence-electron chi connectivity index (χ1n) is 8.80. The van der Waals surface area contributed by atoms with Crippen molar-refractivity contribution in [3.8, 4) is 0 Å². The third-order valence-electron chi connectivity index (χ3n) is 3.13. The largest absolute Gasteiger partial charge is 0.501 e. The molecular weight excluding hydrogens is 312 g/mol. The van der Waals surface area contributed by atoms with Crippen molar-refractivity contribution in [1.29, 1.82) is 0 Å². The summed E-state index contributed by atoms with van der Waals surface area (Å²) >= 11 is 0. The monoisotopic (exact) mass is 345 g/mol. The summed E-state index contributed by atoms with van der Waals surface area (Å²) in [6.45, 7) is 4.49. The minimum atomic E-state index is 0. The van der Waals surface area contributed by atoms with E-state index < -0.39 is 0 Å². The molecule has 0 unspecified atom stereocenters. The van der Waals surface area contributed by atoms with Gasteiger partial charge in [-0.2, -0.15) is 6.42 Å². The van der Waals surface area contributed by atoms with E-state index in [4.69, 9.17) is 0 Å². The van der Waals surface area contributed by atoms with E-state index in [1.165, 1.54) is 51.4 Å². The van der Waals surface area contributed by atoms with Crippen LogP contribution in [0.1, 0.15) is 65.2 Å². The summed E-state index contributed by atoms with van der Waals surface area (Å²) in [7, 11) is 0. The Morgan fingerprint density at radius 3 is 1.39 bits per heavy atom. The van der Waals surface area contributed by atoms with Crippen molar-refractivity contribution in [2.75, 3.05) is 0 Å². The molecule has 0 spiro atoms. The first-order chi connectivity index (χ1) is 10.9. The maximum absolute atomic E-state index is 3.35. The molecule has 2 saturated carbocycles. The van der Waals surface area contributed by atoms with Gasteiger partial charge in [0.1, 0.15) is 0 Å². The van der Waals surface area contributed by atoms with Crippen LogP contribution in [0.15, 0.2) is 6.08 Å². The fourth-order valence-corrected chi connectivity index (χ4v) is 1.82. The molecule has 0 bridgehead atoms. The van der Waals surface area contributed by atoms with Gasteiger partial charge in [0.2, 0.25) is 0 Å². The average Bonchev–Trinajstić information content (AvgIpc) is 3.28. The normalized spacial score (nSPS) is 16.3. The Balaban J connectivity index is 0. The summed E-state index contributed by atoms with van der Waals surface area (Å²) in [5, 5.41) is 0. The molecule has 0 heterocycles. The van der Waals surface area contributed by atoms with E-state index in [1.807, 2.05) is 64.2 Å². The molecule has 2 fully saturated rings. The molecular formula is C22H33Ti-. The van der Waals surface area contributed by atoms with Gasteiger partial charge in [-0.1, -0.05) is 58.8 Å². The number of unbranched alkanes of at least 4 members (excludes halogenated alkanes) is 6. The maximum Gasteiger partial charge on any atom is 0 e. The molecule has 0 aliphatic heterocycles. The van der Waals surface area contributed by atoms with Crippen LogP contribution in [0.5, 0.6) is 0 Å². The smallest absolute Gasteiger partial charge is 0 e. The van der Waals surface area contributed by atoms with E-state index in [2.05, 4.69) is 26.0 Å². The van der Waals surface area contributed by atoms with Crippen molar-refractivity contribution in [1.82, 2.24) is 0 Å². The molecule has 0 aromatic heterocycles. The molecule has 2 rings (SSSR count). The van der Waals surface area contributed by atoms with Crippen molar-refractivity contribution in [3.63, 3.8) is 0 Å². The van der Waals surface area contributed by atoms with Crippen LogP contribution in [-0.4, -0.2) is 0 Å². The molecule has 23 heavy (non-hydrogen) atoms. The summed E-state index contributed by atoms with van der Waals surface area (Å²) in [6, 6.07) is 0. The van der Waals surface area contributed by atoms with Crippen molar-refractivity contribution >= 4 is 0 Å². The van der Waals surface area contributed by atoms with Gasteiger partial charge >= 0.3 is 0 Å². The molecule has 0 saturated heterocycles. The second-order valence-electron chi connectivity index (χ2n) is 5.29. The van der Waals surface area contributed by atoms with E-state index in [1.54, 1.807) is 0 Å². The van der Waals surface area contributed by atoms with Gasteiger partial charge < -0.3 is 6.08 Å². The van der Waals surface area contributed by atoms with Gasteiger partial charge in [-0.25, -0.2) is 0 Å². The first kappa shape index (κ1) is 25.7. The second-order valence-corrected chi connectivity index (χ2v) is 5.29. The maximum atomic E-state index is 3.35. The molecule has 0 atom stereocenters. The van der Waals surface area contributed by atoms with Gasteiger partial charge in [-0.05, 0) is 64.2 Å². The Kier molecular flexibility index (Phi) is 27.6. The standard InChI is InChI=1S/C12H23.2C5H5.Ti/c1-3-5-7-9-11-12-10-8-6-4-2;2*1-2-4-5-3-1;/h11H,3-10H2,1-2H3;2*1-5H;/q-1;;;. The molecule has 0 amide bonds. The van der Waals surface area contributed by atoms with E-state index in [0.29, 0.717) is 0 Å². The Labute approximate surface area is 163 Å². The van der Waals surface area contributed by atoms with Crippen LogP contribution in [0.4, 0.5) is 0 Å². The number of hydrogen-bond acceptors (Lipinski definition) is 0. The van der Waals surface area contributed by atoms with Gasteiger partial charge in [0, 0.05) is 21.7 Å². The van der Waals surface area contributed by atoms with Gasteiger partial charge in [0.25, 0.3) is 0 Å². The predicted molar refractivity (Wildman–Crippen MR) is 99.1 cm³/mol. The van der Waals surface area contributed by atoms with Crippen LogP contribution < -0.4 is 0 Å². The molecule has 0 aromatic carbocycles. The predicted octanol–water partition coefficient (Wildman–Crippen LogP) is 6.55. The molecule has 10 radical (unpaired) electrons. The second kappa shape index (κ2) is 24.7. The van der Waals surface area contributed by atoms with Crippen LogP contribution in [0.25, 0.3) is 0 Å². The summed E-state index contributed by atoms with van der Waals surface area (Å²) in [4.78, 5) is 0.